The molecule has 2 rings (SSSR count). The van der Waals surface area contributed by atoms with E-state index in [1.165, 1.54) is 16.7 Å². The lowest BCUT2D eigenvalue weighted by Gasteiger charge is -2.27. The zero-order valence-electron chi connectivity index (χ0n) is 11.5. The highest BCUT2D eigenvalue weighted by Gasteiger charge is 2.13. The summed E-state index contributed by atoms with van der Waals surface area (Å²) in [5.74, 6) is 0. The predicted octanol–water partition coefficient (Wildman–Crippen LogP) is 2.03. The molecule has 1 aliphatic heterocycles. The smallest absolute Gasteiger partial charge is 0.0594 e. The van der Waals surface area contributed by atoms with Gasteiger partial charge in [-0.05, 0) is 25.8 Å². The fourth-order valence-electron chi connectivity index (χ4n) is 2.54. The van der Waals surface area contributed by atoms with Gasteiger partial charge in [-0.3, -0.25) is 4.90 Å². The van der Waals surface area contributed by atoms with Gasteiger partial charge < -0.3 is 10.5 Å². The molecule has 1 atom stereocenters. The highest BCUT2D eigenvalue weighted by molar-refractivity contribution is 5.30. The Hall–Kier alpha value is -0.900. The summed E-state index contributed by atoms with van der Waals surface area (Å²) in [7, 11) is 0. The van der Waals surface area contributed by atoms with E-state index in [4.69, 9.17) is 10.5 Å². The molecule has 18 heavy (non-hydrogen) atoms. The molecule has 1 saturated heterocycles. The number of benzene rings is 1. The van der Waals surface area contributed by atoms with E-state index in [0.717, 1.165) is 39.3 Å². The molecule has 1 unspecified atom stereocenters. The Labute approximate surface area is 110 Å². The van der Waals surface area contributed by atoms with Crippen LogP contribution in [0.25, 0.3) is 0 Å². The summed E-state index contributed by atoms with van der Waals surface area (Å²) in [5.41, 5.74) is 10.2. The van der Waals surface area contributed by atoms with E-state index in [1.807, 2.05) is 0 Å². The maximum absolute atomic E-state index is 6.29. The zero-order valence-corrected chi connectivity index (χ0v) is 11.5. The van der Waals surface area contributed by atoms with Crippen molar-refractivity contribution in [3.8, 4) is 0 Å². The van der Waals surface area contributed by atoms with Crippen molar-refractivity contribution in [3.63, 3.8) is 0 Å². The molecule has 0 bridgehead atoms. The van der Waals surface area contributed by atoms with E-state index in [0.29, 0.717) is 0 Å². The van der Waals surface area contributed by atoms with Crippen molar-refractivity contribution in [2.45, 2.75) is 26.3 Å². The van der Waals surface area contributed by atoms with E-state index in [2.05, 4.69) is 36.9 Å². The Morgan fingerprint density at radius 3 is 2.39 bits per heavy atom. The van der Waals surface area contributed by atoms with Crippen molar-refractivity contribution in [1.82, 2.24) is 4.90 Å². The first kappa shape index (κ1) is 13.5. The highest BCUT2D eigenvalue weighted by Crippen LogP contribution is 2.18. The van der Waals surface area contributed by atoms with Crippen molar-refractivity contribution in [1.29, 1.82) is 0 Å². The standard InChI is InChI=1S/C15H24N2O/c1-12-9-13(2)11-14(10-12)15(16)3-4-17-5-7-18-8-6-17/h9-11,15H,3-8,16H2,1-2H3. The second kappa shape index (κ2) is 6.32. The van der Waals surface area contributed by atoms with Crippen LogP contribution in [0.15, 0.2) is 18.2 Å². The lowest BCUT2D eigenvalue weighted by molar-refractivity contribution is 0.0366. The molecular formula is C15H24N2O. The normalized spacial score (nSPS) is 18.8. The average Bonchev–Trinajstić information content (AvgIpc) is 2.36. The van der Waals surface area contributed by atoms with Crippen LogP contribution in [0.3, 0.4) is 0 Å². The summed E-state index contributed by atoms with van der Waals surface area (Å²) in [6.45, 7) is 9.13. The molecule has 0 saturated carbocycles. The van der Waals surface area contributed by atoms with E-state index in [1.54, 1.807) is 0 Å². The van der Waals surface area contributed by atoms with Gasteiger partial charge in [0.1, 0.15) is 0 Å². The Kier molecular flexibility index (Phi) is 4.75. The van der Waals surface area contributed by atoms with Crippen LogP contribution in [0.4, 0.5) is 0 Å². The predicted molar refractivity (Wildman–Crippen MR) is 74.7 cm³/mol. The van der Waals surface area contributed by atoms with Crippen molar-refractivity contribution in [2.75, 3.05) is 32.8 Å². The van der Waals surface area contributed by atoms with Crippen LogP contribution < -0.4 is 5.73 Å². The van der Waals surface area contributed by atoms with Gasteiger partial charge >= 0.3 is 0 Å². The molecule has 1 aliphatic rings. The van der Waals surface area contributed by atoms with Crippen LogP contribution >= 0.6 is 0 Å². The van der Waals surface area contributed by atoms with Crippen LogP contribution in [-0.2, 0) is 4.74 Å². The third-order valence-corrected chi connectivity index (χ3v) is 3.53. The lowest BCUT2D eigenvalue weighted by Crippen LogP contribution is -2.37. The van der Waals surface area contributed by atoms with Gasteiger partial charge in [0, 0.05) is 25.7 Å². The van der Waals surface area contributed by atoms with Gasteiger partial charge in [0.05, 0.1) is 13.2 Å². The summed E-state index contributed by atoms with van der Waals surface area (Å²) < 4.78 is 5.35. The molecule has 1 heterocycles. The second-order valence-electron chi connectivity index (χ2n) is 5.27. The number of morpholine rings is 1. The molecule has 3 nitrogen and oxygen atoms in total. The highest BCUT2D eigenvalue weighted by atomic mass is 16.5. The minimum atomic E-state index is 0.145. The monoisotopic (exact) mass is 248 g/mol. The number of ether oxygens (including phenoxy) is 1. The van der Waals surface area contributed by atoms with Crippen molar-refractivity contribution in [3.05, 3.63) is 34.9 Å². The molecule has 1 aromatic rings. The van der Waals surface area contributed by atoms with E-state index in [-0.39, 0.29) is 6.04 Å². The summed E-state index contributed by atoms with van der Waals surface area (Å²) in [5, 5.41) is 0. The SMILES string of the molecule is Cc1cc(C)cc(C(N)CCN2CCOCC2)c1. The van der Waals surface area contributed by atoms with Crippen molar-refractivity contribution in [2.24, 2.45) is 5.73 Å². The summed E-state index contributed by atoms with van der Waals surface area (Å²) >= 11 is 0. The maximum Gasteiger partial charge on any atom is 0.0594 e. The summed E-state index contributed by atoms with van der Waals surface area (Å²) in [4.78, 5) is 2.44. The summed E-state index contributed by atoms with van der Waals surface area (Å²) in [6.07, 6.45) is 1.02. The number of aryl methyl sites for hydroxylation is 2. The van der Waals surface area contributed by atoms with Gasteiger partial charge in [0.25, 0.3) is 0 Å². The molecule has 0 aromatic heterocycles. The number of nitrogens with two attached hydrogens (primary N) is 1. The third kappa shape index (κ3) is 3.80. The molecule has 1 aromatic carbocycles. The fraction of sp³-hybridized carbons (Fsp3) is 0.600. The first-order valence-corrected chi connectivity index (χ1v) is 6.79. The Bertz CT molecular complexity index is 366. The Morgan fingerprint density at radius 1 is 1.17 bits per heavy atom. The zero-order chi connectivity index (χ0) is 13.0. The maximum atomic E-state index is 6.29. The largest absolute Gasteiger partial charge is 0.379 e. The molecule has 0 amide bonds. The molecule has 2 N–H and O–H groups in total. The third-order valence-electron chi connectivity index (χ3n) is 3.53. The fourth-order valence-corrected chi connectivity index (χ4v) is 2.54. The van der Waals surface area contributed by atoms with Crippen molar-refractivity contribution >= 4 is 0 Å². The molecule has 100 valence electrons. The minimum absolute atomic E-state index is 0.145. The molecule has 1 fully saturated rings. The van der Waals surface area contributed by atoms with Gasteiger partial charge in [-0.2, -0.15) is 0 Å². The Balaban J connectivity index is 1.88. The van der Waals surface area contributed by atoms with Crippen LogP contribution in [0.2, 0.25) is 0 Å². The summed E-state index contributed by atoms with van der Waals surface area (Å²) in [6, 6.07) is 6.75. The van der Waals surface area contributed by atoms with Crippen LogP contribution in [0.1, 0.15) is 29.2 Å². The van der Waals surface area contributed by atoms with Crippen molar-refractivity contribution < 1.29 is 4.74 Å². The first-order chi connectivity index (χ1) is 8.65. The van der Waals surface area contributed by atoms with E-state index < -0.39 is 0 Å². The lowest BCUT2D eigenvalue weighted by atomic mass is 9.99. The van der Waals surface area contributed by atoms with Crippen LogP contribution in [-0.4, -0.2) is 37.7 Å². The molecule has 0 spiro atoms. The number of hydrogen-bond donors (Lipinski definition) is 1. The number of hydrogen-bond acceptors (Lipinski definition) is 3. The molecular weight excluding hydrogens is 224 g/mol. The van der Waals surface area contributed by atoms with E-state index >= 15 is 0 Å². The quantitative estimate of drug-likeness (QED) is 0.886. The van der Waals surface area contributed by atoms with Crippen LogP contribution in [0, 0.1) is 13.8 Å². The van der Waals surface area contributed by atoms with Crippen LogP contribution in [0.5, 0.6) is 0 Å². The second-order valence-corrected chi connectivity index (χ2v) is 5.27. The van der Waals surface area contributed by atoms with Gasteiger partial charge in [-0.15, -0.1) is 0 Å². The van der Waals surface area contributed by atoms with Gasteiger partial charge in [0.15, 0.2) is 0 Å². The molecule has 0 aliphatic carbocycles. The minimum Gasteiger partial charge on any atom is -0.379 e. The van der Waals surface area contributed by atoms with E-state index in [9.17, 15) is 0 Å². The Morgan fingerprint density at radius 2 is 1.78 bits per heavy atom. The van der Waals surface area contributed by atoms with Gasteiger partial charge in [-0.25, -0.2) is 0 Å². The average molecular weight is 248 g/mol. The van der Waals surface area contributed by atoms with Gasteiger partial charge in [0.2, 0.25) is 0 Å². The topological polar surface area (TPSA) is 38.5 Å². The number of nitrogens with zero attached hydrogens (tertiary/aromatic N) is 1. The van der Waals surface area contributed by atoms with Gasteiger partial charge in [-0.1, -0.05) is 29.3 Å². The first-order valence-electron chi connectivity index (χ1n) is 6.79. The molecule has 3 heteroatoms. The molecule has 0 radical (unpaired) electrons. The number of rotatable bonds is 4.